The van der Waals surface area contributed by atoms with E-state index >= 15 is 0 Å². The number of nitrogens with zero attached hydrogens (tertiary/aromatic N) is 4. The van der Waals surface area contributed by atoms with Gasteiger partial charge in [-0.25, -0.2) is 15.0 Å². The number of aromatic nitrogens is 3. The van der Waals surface area contributed by atoms with E-state index in [-0.39, 0.29) is 12.0 Å². The van der Waals surface area contributed by atoms with Crippen molar-refractivity contribution in [1.82, 2.24) is 15.0 Å². The van der Waals surface area contributed by atoms with Gasteiger partial charge >= 0.3 is 0 Å². The summed E-state index contributed by atoms with van der Waals surface area (Å²) in [4.78, 5) is 28.2. The Morgan fingerprint density at radius 2 is 2.17 bits per heavy atom. The topological polar surface area (TPSA) is 103 Å². The lowest BCUT2D eigenvalue weighted by Crippen LogP contribution is -2.22. The maximum atomic E-state index is 12.6. The highest BCUT2D eigenvalue weighted by atomic mass is 35.5. The fraction of sp³-hybridized carbons (Fsp3) is 0.300. The third-order valence-corrected chi connectivity index (χ3v) is 5.96. The Morgan fingerprint density at radius 1 is 1.33 bits per heavy atom. The minimum Gasteiger partial charge on any atom is -0.391 e. The predicted molar refractivity (Wildman–Crippen MR) is 119 cm³/mol. The van der Waals surface area contributed by atoms with Crippen LogP contribution in [0.5, 0.6) is 0 Å². The fourth-order valence-electron chi connectivity index (χ4n) is 3.24. The molecule has 1 fully saturated rings. The predicted octanol–water partition coefficient (Wildman–Crippen LogP) is 3.77. The van der Waals surface area contributed by atoms with E-state index in [1.165, 1.54) is 17.5 Å². The number of hydrogen-bond donors (Lipinski definition) is 3. The summed E-state index contributed by atoms with van der Waals surface area (Å²) < 4.78 is 0. The molecule has 0 unspecified atom stereocenters. The number of rotatable bonds is 5. The van der Waals surface area contributed by atoms with E-state index in [4.69, 9.17) is 11.6 Å². The first kappa shape index (κ1) is 20.5. The molecular formula is C20H21ClN6O2S. The zero-order valence-corrected chi connectivity index (χ0v) is 18.1. The molecule has 0 aliphatic carbocycles. The first-order chi connectivity index (χ1) is 14.4. The summed E-state index contributed by atoms with van der Waals surface area (Å²) in [5.41, 5.74) is 1.48. The van der Waals surface area contributed by atoms with Crippen molar-refractivity contribution >= 4 is 51.3 Å². The van der Waals surface area contributed by atoms with Crippen LogP contribution in [0.15, 0.2) is 30.5 Å². The van der Waals surface area contributed by atoms with Gasteiger partial charge in [-0.3, -0.25) is 4.79 Å². The van der Waals surface area contributed by atoms with Gasteiger partial charge in [0.25, 0.3) is 5.91 Å². The normalized spacial score (nSPS) is 16.0. The van der Waals surface area contributed by atoms with Gasteiger partial charge in [-0.2, -0.15) is 0 Å². The number of nitrogens with one attached hydrogen (secondary N) is 2. The lowest BCUT2D eigenvalue weighted by molar-refractivity contribution is 0.103. The van der Waals surface area contributed by atoms with Gasteiger partial charge in [0.15, 0.2) is 5.13 Å². The SMILES string of the molecule is Cc1nc(Nc2ncc(C(=O)Nc3c(C)cccc3Cl)s2)cc(N2CC[C@H](O)C2)n1. The second-order valence-electron chi connectivity index (χ2n) is 7.09. The van der Waals surface area contributed by atoms with E-state index in [2.05, 4.69) is 25.6 Å². The van der Waals surface area contributed by atoms with Crippen LogP contribution < -0.4 is 15.5 Å². The number of carbonyl (C=O) groups is 1. The third-order valence-electron chi connectivity index (χ3n) is 4.74. The van der Waals surface area contributed by atoms with Crippen LogP contribution in [-0.2, 0) is 0 Å². The zero-order chi connectivity index (χ0) is 21.3. The molecule has 0 spiro atoms. The van der Waals surface area contributed by atoms with Crippen molar-refractivity contribution in [2.45, 2.75) is 26.4 Å². The average Bonchev–Trinajstić information content (AvgIpc) is 3.33. The maximum absolute atomic E-state index is 12.6. The number of β-amino-alcohol motifs (C(OH)–C–C–N with tert-alkyl or cyclic N) is 1. The van der Waals surface area contributed by atoms with Crippen LogP contribution in [0.4, 0.5) is 22.5 Å². The smallest absolute Gasteiger partial charge is 0.267 e. The van der Waals surface area contributed by atoms with Crippen molar-refractivity contribution < 1.29 is 9.90 Å². The Bertz CT molecular complexity index is 1070. The van der Waals surface area contributed by atoms with E-state index < -0.39 is 0 Å². The molecule has 3 N–H and O–H groups in total. The van der Waals surface area contributed by atoms with Crippen molar-refractivity contribution in [2.75, 3.05) is 28.6 Å². The van der Waals surface area contributed by atoms with E-state index in [1.54, 1.807) is 6.07 Å². The summed E-state index contributed by atoms with van der Waals surface area (Å²) in [6.07, 6.45) is 1.90. The molecule has 0 radical (unpaired) electrons. The van der Waals surface area contributed by atoms with Gasteiger partial charge < -0.3 is 20.6 Å². The molecule has 8 nitrogen and oxygen atoms in total. The molecule has 4 rings (SSSR count). The van der Waals surface area contributed by atoms with Crippen LogP contribution in [0.2, 0.25) is 5.02 Å². The molecule has 10 heteroatoms. The van der Waals surface area contributed by atoms with E-state index in [0.717, 1.165) is 24.3 Å². The summed E-state index contributed by atoms with van der Waals surface area (Å²) in [5, 5.41) is 16.8. The molecule has 1 aromatic carbocycles. The maximum Gasteiger partial charge on any atom is 0.267 e. The van der Waals surface area contributed by atoms with Gasteiger partial charge in [0, 0.05) is 19.2 Å². The summed E-state index contributed by atoms with van der Waals surface area (Å²) in [6.45, 7) is 5.00. The monoisotopic (exact) mass is 444 g/mol. The molecule has 2 aromatic heterocycles. The standard InChI is InChI=1S/C20H21ClN6O2S/c1-11-4-3-5-14(21)18(11)26-19(29)15-9-22-20(30-15)25-16-8-17(24-12(2)23-16)27-7-6-13(28)10-27/h3-5,8-9,13,28H,6-7,10H2,1-2H3,(H,26,29)(H,22,23,24,25)/t13-/m0/s1. The number of thiazole rings is 1. The second kappa shape index (κ2) is 8.55. The Morgan fingerprint density at radius 3 is 2.90 bits per heavy atom. The molecule has 1 aliphatic rings. The lowest BCUT2D eigenvalue weighted by atomic mass is 10.2. The average molecular weight is 445 g/mol. The van der Waals surface area contributed by atoms with Gasteiger partial charge in [-0.15, -0.1) is 0 Å². The molecule has 1 amide bonds. The molecule has 0 bridgehead atoms. The highest BCUT2D eigenvalue weighted by Gasteiger charge is 2.22. The van der Waals surface area contributed by atoms with Gasteiger partial charge in [-0.05, 0) is 31.9 Å². The zero-order valence-electron chi connectivity index (χ0n) is 16.5. The molecule has 156 valence electrons. The van der Waals surface area contributed by atoms with E-state index in [1.807, 2.05) is 36.9 Å². The van der Waals surface area contributed by atoms with Crippen molar-refractivity contribution in [2.24, 2.45) is 0 Å². The number of benzene rings is 1. The minimum absolute atomic E-state index is 0.276. The van der Waals surface area contributed by atoms with Crippen LogP contribution in [0, 0.1) is 13.8 Å². The largest absolute Gasteiger partial charge is 0.391 e. The van der Waals surface area contributed by atoms with Crippen molar-refractivity contribution in [3.05, 3.63) is 51.7 Å². The molecule has 0 saturated carbocycles. The van der Waals surface area contributed by atoms with Crippen LogP contribution in [0.25, 0.3) is 0 Å². The highest BCUT2D eigenvalue weighted by molar-refractivity contribution is 7.17. The van der Waals surface area contributed by atoms with Gasteiger partial charge in [0.2, 0.25) is 0 Å². The first-order valence-corrected chi connectivity index (χ1v) is 10.7. The number of hydrogen-bond acceptors (Lipinski definition) is 8. The summed E-state index contributed by atoms with van der Waals surface area (Å²) >= 11 is 7.41. The number of aryl methyl sites for hydroxylation is 2. The number of aliphatic hydroxyl groups is 1. The molecule has 1 atom stereocenters. The molecule has 3 aromatic rings. The van der Waals surface area contributed by atoms with Crippen LogP contribution >= 0.6 is 22.9 Å². The fourth-order valence-corrected chi connectivity index (χ4v) is 4.23. The Kier molecular flexibility index (Phi) is 5.85. The number of carbonyl (C=O) groups excluding carboxylic acids is 1. The van der Waals surface area contributed by atoms with Crippen molar-refractivity contribution in [1.29, 1.82) is 0 Å². The van der Waals surface area contributed by atoms with Gasteiger partial charge in [0.1, 0.15) is 22.3 Å². The number of para-hydroxylation sites is 1. The van der Waals surface area contributed by atoms with Crippen LogP contribution in [0.1, 0.15) is 27.5 Å². The minimum atomic E-state index is -0.335. The van der Waals surface area contributed by atoms with Crippen molar-refractivity contribution in [3.8, 4) is 0 Å². The molecule has 3 heterocycles. The number of aliphatic hydroxyl groups excluding tert-OH is 1. The van der Waals surface area contributed by atoms with Crippen LogP contribution in [0.3, 0.4) is 0 Å². The number of anilines is 4. The van der Waals surface area contributed by atoms with Crippen molar-refractivity contribution in [3.63, 3.8) is 0 Å². The summed E-state index contributed by atoms with van der Waals surface area (Å²) in [6, 6.07) is 7.27. The summed E-state index contributed by atoms with van der Waals surface area (Å²) in [7, 11) is 0. The van der Waals surface area contributed by atoms with Crippen LogP contribution in [-0.4, -0.2) is 45.2 Å². The third kappa shape index (κ3) is 4.53. The number of amides is 1. The quantitative estimate of drug-likeness (QED) is 0.550. The second-order valence-corrected chi connectivity index (χ2v) is 8.53. The Labute approximate surface area is 183 Å². The highest BCUT2D eigenvalue weighted by Crippen LogP contribution is 2.28. The Balaban J connectivity index is 1.48. The first-order valence-electron chi connectivity index (χ1n) is 9.47. The molecule has 30 heavy (non-hydrogen) atoms. The number of halogens is 1. The summed E-state index contributed by atoms with van der Waals surface area (Å²) in [5.74, 6) is 1.68. The molecular weight excluding hydrogens is 424 g/mol. The Hall–Kier alpha value is -2.75. The molecule has 1 aliphatic heterocycles. The van der Waals surface area contributed by atoms with E-state index in [0.29, 0.717) is 38.9 Å². The molecule has 1 saturated heterocycles. The van der Waals surface area contributed by atoms with E-state index in [9.17, 15) is 9.90 Å². The van der Waals surface area contributed by atoms with Gasteiger partial charge in [0.05, 0.1) is 23.0 Å². The lowest BCUT2D eigenvalue weighted by Gasteiger charge is -2.17. The van der Waals surface area contributed by atoms with Gasteiger partial charge in [-0.1, -0.05) is 35.1 Å².